The van der Waals surface area contributed by atoms with E-state index in [4.69, 9.17) is 14.2 Å². The molecule has 1 amide bonds. The molecule has 13 heteroatoms. The highest BCUT2D eigenvalue weighted by Gasteiger charge is 2.51. The Labute approximate surface area is 265 Å². The standard InChI is InChI=1S/C32H45FN4O7S/c1-6-8-9-22(7-2)21-42-28(38)12-17-45(40,41)27-20-34-26(19-35-27)37-15-13-32(14-16-37)29(36-30(39)44-31(3,4)5)24-18-23(33)10-11-25(24)43-32/h10-11,18-20,22,29H,6-9,12-17,21H2,1-5H3,(H,36,39)/t22?,29-/m1/s1. The molecule has 4 rings (SSSR count). The molecule has 11 nitrogen and oxygen atoms in total. The number of anilines is 1. The number of hydrogen-bond donors (Lipinski definition) is 1. The Morgan fingerprint density at radius 3 is 2.53 bits per heavy atom. The fourth-order valence-electron chi connectivity index (χ4n) is 5.68. The van der Waals surface area contributed by atoms with Crippen molar-refractivity contribution in [2.45, 2.75) is 102 Å². The van der Waals surface area contributed by atoms with Gasteiger partial charge < -0.3 is 24.4 Å². The van der Waals surface area contributed by atoms with Gasteiger partial charge in [-0.1, -0.05) is 33.1 Å². The number of carbonyl (C=O) groups is 2. The molecular formula is C32H45FN4O7S. The van der Waals surface area contributed by atoms with Crippen LogP contribution in [-0.2, 0) is 24.1 Å². The van der Waals surface area contributed by atoms with Crippen LogP contribution in [0.4, 0.5) is 15.0 Å². The molecule has 2 atom stereocenters. The molecule has 1 fully saturated rings. The zero-order valence-electron chi connectivity index (χ0n) is 26.8. The summed E-state index contributed by atoms with van der Waals surface area (Å²) in [6.07, 6.45) is 6.66. The van der Waals surface area contributed by atoms with Gasteiger partial charge in [-0.05, 0) is 51.3 Å². The zero-order chi connectivity index (χ0) is 32.8. The largest absolute Gasteiger partial charge is 0.484 e. The van der Waals surface area contributed by atoms with Gasteiger partial charge in [-0.3, -0.25) is 4.79 Å². The number of unbranched alkanes of at least 4 members (excludes halogenated alkanes) is 1. The topological polar surface area (TPSA) is 137 Å². The summed E-state index contributed by atoms with van der Waals surface area (Å²) in [5.41, 5.74) is -0.991. The van der Waals surface area contributed by atoms with Crippen LogP contribution in [0.1, 0.15) is 91.2 Å². The number of halogens is 1. The summed E-state index contributed by atoms with van der Waals surface area (Å²) in [6, 6.07) is 3.63. The molecule has 248 valence electrons. The summed E-state index contributed by atoms with van der Waals surface area (Å²) in [4.78, 5) is 35.4. The van der Waals surface area contributed by atoms with E-state index in [9.17, 15) is 22.4 Å². The Bertz CT molecular complexity index is 1440. The Morgan fingerprint density at radius 2 is 1.91 bits per heavy atom. The third kappa shape index (κ3) is 8.83. The molecule has 1 aromatic heterocycles. The number of benzene rings is 1. The van der Waals surface area contributed by atoms with E-state index in [2.05, 4.69) is 22.2 Å². The number of amides is 1. The molecule has 1 saturated heterocycles. The van der Waals surface area contributed by atoms with Crippen molar-refractivity contribution < 1.29 is 36.6 Å². The van der Waals surface area contributed by atoms with Gasteiger partial charge in [0.25, 0.3) is 0 Å². The molecule has 3 heterocycles. The maximum Gasteiger partial charge on any atom is 0.408 e. The number of carbonyl (C=O) groups excluding carboxylic acids is 2. The van der Waals surface area contributed by atoms with Crippen LogP contribution in [0.15, 0.2) is 35.6 Å². The first-order valence-corrected chi connectivity index (χ1v) is 17.3. The second kappa shape index (κ2) is 14.3. The van der Waals surface area contributed by atoms with Crippen LogP contribution in [0.2, 0.25) is 0 Å². The molecule has 1 unspecified atom stereocenters. The van der Waals surface area contributed by atoms with E-state index in [0.29, 0.717) is 49.7 Å². The summed E-state index contributed by atoms with van der Waals surface area (Å²) >= 11 is 0. The van der Waals surface area contributed by atoms with E-state index >= 15 is 0 Å². The van der Waals surface area contributed by atoms with E-state index in [1.165, 1.54) is 24.5 Å². The summed E-state index contributed by atoms with van der Waals surface area (Å²) in [6.45, 7) is 10.7. The van der Waals surface area contributed by atoms with E-state index in [1.807, 2.05) is 11.8 Å². The second-order valence-corrected chi connectivity index (χ2v) is 14.9. The lowest BCUT2D eigenvalue weighted by atomic mass is 9.82. The molecule has 0 aliphatic carbocycles. The molecule has 0 saturated carbocycles. The Kier molecular flexibility index (Phi) is 10.9. The first-order valence-electron chi connectivity index (χ1n) is 15.7. The van der Waals surface area contributed by atoms with Crippen molar-refractivity contribution in [1.29, 1.82) is 0 Å². The predicted octanol–water partition coefficient (Wildman–Crippen LogP) is 5.54. The lowest BCUT2D eigenvalue weighted by Gasteiger charge is -2.42. The summed E-state index contributed by atoms with van der Waals surface area (Å²) in [7, 11) is -3.84. The van der Waals surface area contributed by atoms with Gasteiger partial charge in [0.15, 0.2) is 14.9 Å². The van der Waals surface area contributed by atoms with Crippen LogP contribution in [0.25, 0.3) is 0 Å². The highest BCUT2D eigenvalue weighted by molar-refractivity contribution is 7.91. The third-order valence-corrected chi connectivity index (χ3v) is 9.84. The minimum Gasteiger partial charge on any atom is -0.484 e. The molecule has 2 aliphatic rings. The van der Waals surface area contributed by atoms with Gasteiger partial charge in [0.05, 0.1) is 31.2 Å². The van der Waals surface area contributed by atoms with Crippen LogP contribution in [0, 0.1) is 11.7 Å². The fraction of sp³-hybridized carbons (Fsp3) is 0.625. The number of esters is 1. The minimum atomic E-state index is -3.84. The number of alkyl carbamates (subject to hydrolysis) is 1. The maximum absolute atomic E-state index is 14.2. The highest BCUT2D eigenvalue weighted by Crippen LogP contribution is 2.49. The van der Waals surface area contributed by atoms with Gasteiger partial charge in [-0.15, -0.1) is 0 Å². The quantitative estimate of drug-likeness (QED) is 0.292. The number of aromatic nitrogens is 2. The number of hydrogen-bond acceptors (Lipinski definition) is 10. The van der Waals surface area contributed by atoms with E-state index in [-0.39, 0.29) is 17.4 Å². The lowest BCUT2D eigenvalue weighted by molar-refractivity contribution is -0.144. The van der Waals surface area contributed by atoms with Gasteiger partial charge in [-0.25, -0.2) is 27.6 Å². The van der Waals surface area contributed by atoms with Gasteiger partial charge in [-0.2, -0.15) is 0 Å². The number of piperidine rings is 1. The predicted molar refractivity (Wildman–Crippen MR) is 166 cm³/mol. The van der Waals surface area contributed by atoms with Crippen LogP contribution in [0.5, 0.6) is 5.75 Å². The Balaban J connectivity index is 1.36. The van der Waals surface area contributed by atoms with Crippen molar-refractivity contribution in [3.8, 4) is 5.75 Å². The molecular weight excluding hydrogens is 603 g/mol. The third-order valence-electron chi connectivity index (χ3n) is 8.25. The van der Waals surface area contributed by atoms with E-state index in [1.54, 1.807) is 26.8 Å². The lowest BCUT2D eigenvalue weighted by Crippen LogP contribution is -2.54. The smallest absolute Gasteiger partial charge is 0.408 e. The fourth-order valence-corrected chi connectivity index (χ4v) is 6.75. The van der Waals surface area contributed by atoms with E-state index < -0.39 is 50.7 Å². The van der Waals surface area contributed by atoms with Crippen LogP contribution < -0.4 is 15.0 Å². The first kappa shape index (κ1) is 34.4. The van der Waals surface area contributed by atoms with Crippen molar-refractivity contribution in [3.05, 3.63) is 42.0 Å². The van der Waals surface area contributed by atoms with Crippen LogP contribution >= 0.6 is 0 Å². The van der Waals surface area contributed by atoms with Crippen molar-refractivity contribution in [2.75, 3.05) is 30.3 Å². The average molecular weight is 649 g/mol. The van der Waals surface area contributed by atoms with E-state index in [0.717, 1.165) is 25.7 Å². The maximum atomic E-state index is 14.2. The molecule has 2 aromatic rings. The summed E-state index contributed by atoms with van der Waals surface area (Å²) in [5.74, 6) is -0.122. The number of sulfone groups is 1. The number of fused-ring (bicyclic) bond motifs is 1. The van der Waals surface area contributed by atoms with Gasteiger partial charge in [0.1, 0.15) is 34.6 Å². The average Bonchev–Trinajstić information content (AvgIpc) is 3.27. The number of nitrogens with one attached hydrogen (secondary N) is 1. The molecule has 0 radical (unpaired) electrons. The molecule has 1 aromatic carbocycles. The monoisotopic (exact) mass is 648 g/mol. The number of rotatable bonds is 12. The van der Waals surface area contributed by atoms with Crippen molar-refractivity contribution >= 4 is 27.7 Å². The Hall–Kier alpha value is -3.48. The first-order chi connectivity index (χ1) is 21.2. The second-order valence-electron chi connectivity index (χ2n) is 12.8. The van der Waals surface area contributed by atoms with Crippen LogP contribution in [0.3, 0.4) is 0 Å². The summed E-state index contributed by atoms with van der Waals surface area (Å²) < 4.78 is 57.1. The number of nitrogens with zero attached hydrogens (tertiary/aromatic N) is 3. The van der Waals surface area contributed by atoms with Crippen molar-refractivity contribution in [2.24, 2.45) is 5.92 Å². The van der Waals surface area contributed by atoms with Crippen molar-refractivity contribution in [3.63, 3.8) is 0 Å². The van der Waals surface area contributed by atoms with Gasteiger partial charge >= 0.3 is 12.1 Å². The highest BCUT2D eigenvalue weighted by atomic mass is 32.2. The SMILES string of the molecule is CCCCC(CC)COC(=O)CCS(=O)(=O)c1cnc(N2CCC3(CC2)Oc2ccc(F)cc2[C@H]3NC(=O)OC(C)(C)C)cn1. The van der Waals surface area contributed by atoms with Crippen molar-refractivity contribution in [1.82, 2.24) is 15.3 Å². The normalized spacial score (nSPS) is 18.2. The number of ether oxygens (including phenoxy) is 3. The Morgan fingerprint density at radius 1 is 1.18 bits per heavy atom. The molecule has 45 heavy (non-hydrogen) atoms. The minimum absolute atomic E-state index is 0.208. The molecule has 0 bridgehead atoms. The molecule has 1 N–H and O–H groups in total. The van der Waals surface area contributed by atoms with Gasteiger partial charge in [0, 0.05) is 31.5 Å². The van der Waals surface area contributed by atoms with Gasteiger partial charge in [0.2, 0.25) is 0 Å². The zero-order valence-corrected chi connectivity index (χ0v) is 27.6. The summed E-state index contributed by atoms with van der Waals surface area (Å²) in [5, 5.41) is 2.69. The molecule has 1 spiro atoms. The molecule has 2 aliphatic heterocycles. The van der Waals surface area contributed by atoms with Crippen LogP contribution in [-0.4, -0.2) is 67.1 Å².